The molecule has 10 heteroatoms. The number of amides is 1. The van der Waals surface area contributed by atoms with E-state index in [0.29, 0.717) is 22.0 Å². The van der Waals surface area contributed by atoms with Gasteiger partial charge in [0.15, 0.2) is 0 Å². The number of thiocarbonyl (C=S) groups is 1. The summed E-state index contributed by atoms with van der Waals surface area (Å²) in [6, 6.07) is 3.20. The molecule has 138 valence electrons. The van der Waals surface area contributed by atoms with E-state index in [1.165, 1.54) is 20.3 Å². The molecule has 1 fully saturated rings. The van der Waals surface area contributed by atoms with Crippen molar-refractivity contribution in [3.63, 3.8) is 0 Å². The Morgan fingerprint density at radius 1 is 1.31 bits per heavy atom. The summed E-state index contributed by atoms with van der Waals surface area (Å²) in [5.41, 5.74) is 0.511. The molecule has 1 aliphatic heterocycles. The average molecular weight is 395 g/mol. The largest absolute Gasteiger partial charge is 0.550 e. The number of carbonyl (C=O) groups excluding carboxylic acids is 3. The number of hydrogen-bond donors (Lipinski definition) is 0. The summed E-state index contributed by atoms with van der Waals surface area (Å²) in [6.07, 6.45) is 0.538. The number of hydrogen-bond acceptors (Lipinski definition) is 9. The van der Waals surface area contributed by atoms with Gasteiger partial charge in [-0.1, -0.05) is 24.0 Å². The molecule has 26 heavy (non-hydrogen) atoms. The van der Waals surface area contributed by atoms with Gasteiger partial charge in [-0.15, -0.1) is 0 Å². The summed E-state index contributed by atoms with van der Waals surface area (Å²) in [4.78, 5) is 35.4. The normalized spacial score (nSPS) is 16.7. The highest BCUT2D eigenvalue weighted by Crippen LogP contribution is 2.36. The number of aliphatic carboxylic acids is 2. The van der Waals surface area contributed by atoms with E-state index in [2.05, 4.69) is 0 Å². The Hall–Kier alpha value is -2.59. The number of carbonyl (C=O) groups is 3. The van der Waals surface area contributed by atoms with Crippen LogP contribution in [0.1, 0.15) is 12.0 Å². The van der Waals surface area contributed by atoms with Gasteiger partial charge in [0, 0.05) is 18.0 Å². The second kappa shape index (κ2) is 8.19. The summed E-state index contributed by atoms with van der Waals surface area (Å²) in [6.45, 7) is 0. The predicted octanol–water partition coefficient (Wildman–Crippen LogP) is -0.837. The summed E-state index contributed by atoms with van der Waals surface area (Å²) in [5, 5.41) is 22.0. The van der Waals surface area contributed by atoms with Gasteiger partial charge >= 0.3 is 0 Å². The van der Waals surface area contributed by atoms with Crippen molar-refractivity contribution >= 4 is 52.2 Å². The van der Waals surface area contributed by atoms with Gasteiger partial charge in [-0.05, 0) is 24.3 Å². The van der Waals surface area contributed by atoms with E-state index < -0.39 is 30.3 Å². The van der Waals surface area contributed by atoms with Gasteiger partial charge in [0.1, 0.15) is 15.8 Å². The van der Waals surface area contributed by atoms with Gasteiger partial charge < -0.3 is 29.3 Å². The quantitative estimate of drug-likeness (QED) is 0.430. The third kappa shape index (κ3) is 4.14. The molecule has 1 aliphatic rings. The molecule has 0 radical (unpaired) electrons. The molecule has 8 nitrogen and oxygen atoms in total. The van der Waals surface area contributed by atoms with Gasteiger partial charge in [0.25, 0.3) is 5.91 Å². The number of ether oxygens (including phenoxy) is 2. The fraction of sp³-hybridized carbons (Fsp3) is 0.250. The Bertz CT molecular complexity index is 806. The summed E-state index contributed by atoms with van der Waals surface area (Å²) >= 11 is 5.89. The van der Waals surface area contributed by atoms with Crippen molar-refractivity contribution in [3.8, 4) is 11.5 Å². The highest BCUT2D eigenvalue weighted by atomic mass is 32.2. The van der Waals surface area contributed by atoms with Crippen LogP contribution in [0.5, 0.6) is 11.5 Å². The van der Waals surface area contributed by atoms with E-state index in [1.54, 1.807) is 18.2 Å². The third-order valence-electron chi connectivity index (χ3n) is 3.49. The smallest absolute Gasteiger partial charge is 0.266 e. The topological polar surface area (TPSA) is 119 Å². The Morgan fingerprint density at radius 3 is 2.54 bits per heavy atom. The number of thioether (sulfide) groups is 1. The van der Waals surface area contributed by atoms with Crippen molar-refractivity contribution in [1.82, 2.24) is 4.90 Å². The number of nitrogens with zero attached hydrogens (tertiary/aromatic N) is 1. The fourth-order valence-corrected chi connectivity index (χ4v) is 3.63. The van der Waals surface area contributed by atoms with Crippen LogP contribution >= 0.6 is 24.0 Å². The van der Waals surface area contributed by atoms with Crippen LogP contribution in [0.15, 0.2) is 23.1 Å². The van der Waals surface area contributed by atoms with E-state index >= 15 is 0 Å². The van der Waals surface area contributed by atoms with E-state index in [4.69, 9.17) is 21.7 Å². The lowest BCUT2D eigenvalue weighted by molar-refractivity contribution is -0.319. The highest BCUT2D eigenvalue weighted by molar-refractivity contribution is 8.26. The first-order valence-electron chi connectivity index (χ1n) is 7.18. The van der Waals surface area contributed by atoms with Crippen LogP contribution in [0, 0.1) is 0 Å². The van der Waals surface area contributed by atoms with Crippen LogP contribution in [0.4, 0.5) is 0 Å². The molecule has 0 aromatic heterocycles. The maximum atomic E-state index is 12.6. The van der Waals surface area contributed by atoms with Crippen LogP contribution in [0.2, 0.25) is 0 Å². The molecule has 1 heterocycles. The molecular formula is C16H13NO7S2-2. The van der Waals surface area contributed by atoms with Gasteiger partial charge in [-0.2, -0.15) is 0 Å². The first kappa shape index (κ1) is 19.7. The fourth-order valence-electron chi connectivity index (χ4n) is 2.28. The molecule has 0 N–H and O–H groups in total. The lowest BCUT2D eigenvalue weighted by atomic mass is 10.1. The Labute approximate surface area is 158 Å². The van der Waals surface area contributed by atoms with Gasteiger partial charge in [0.05, 0.1) is 31.1 Å². The van der Waals surface area contributed by atoms with Crippen LogP contribution < -0.4 is 19.7 Å². The summed E-state index contributed by atoms with van der Waals surface area (Å²) < 4.78 is 10.3. The number of rotatable bonds is 7. The van der Waals surface area contributed by atoms with Crippen molar-refractivity contribution in [1.29, 1.82) is 0 Å². The first-order chi connectivity index (χ1) is 12.3. The minimum Gasteiger partial charge on any atom is -0.550 e. The maximum absolute atomic E-state index is 12.6. The minimum atomic E-state index is -1.74. The highest BCUT2D eigenvalue weighted by Gasteiger charge is 2.38. The van der Waals surface area contributed by atoms with E-state index in [9.17, 15) is 24.6 Å². The van der Waals surface area contributed by atoms with E-state index in [0.717, 1.165) is 11.8 Å². The monoisotopic (exact) mass is 395 g/mol. The van der Waals surface area contributed by atoms with Gasteiger partial charge in [0.2, 0.25) is 0 Å². The van der Waals surface area contributed by atoms with Crippen molar-refractivity contribution in [2.75, 3.05) is 14.2 Å². The number of carboxylic acid groups (broad SMARTS) is 2. The lowest BCUT2D eigenvalue weighted by Gasteiger charge is -2.27. The molecule has 1 atom stereocenters. The average Bonchev–Trinajstić information content (AvgIpc) is 2.86. The molecule has 0 spiro atoms. The molecule has 1 amide bonds. The SMILES string of the molecule is COc1ccc(OC)c(/C=C2\SC(=S)N([C@H](CC(=O)[O-])C(=O)[O-])C2=O)c1. The molecule has 0 bridgehead atoms. The Balaban J connectivity index is 2.40. The second-order valence-electron chi connectivity index (χ2n) is 5.07. The standard InChI is InChI=1S/C16H15NO7S2/c1-23-9-3-4-11(24-2)8(5-9)6-12-14(20)17(16(25)26-12)10(15(21)22)7-13(18)19/h3-6,10H,7H2,1-2H3,(H,18,19)(H,21,22)/p-2/b12-6-/t10-/m1/s1. The number of benzene rings is 1. The molecule has 0 aliphatic carbocycles. The van der Waals surface area contributed by atoms with Crippen molar-refractivity contribution in [2.45, 2.75) is 12.5 Å². The third-order valence-corrected chi connectivity index (χ3v) is 4.82. The van der Waals surface area contributed by atoms with Crippen LogP contribution in [-0.4, -0.2) is 47.3 Å². The molecule has 1 saturated heterocycles. The molecule has 0 unspecified atom stereocenters. The Kier molecular flexibility index (Phi) is 6.22. The predicted molar refractivity (Wildman–Crippen MR) is 93.0 cm³/mol. The maximum Gasteiger partial charge on any atom is 0.266 e. The second-order valence-corrected chi connectivity index (χ2v) is 6.75. The number of carboxylic acids is 2. The molecule has 2 rings (SSSR count). The van der Waals surface area contributed by atoms with Gasteiger partial charge in [-0.25, -0.2) is 0 Å². The van der Waals surface area contributed by atoms with Crippen molar-refractivity contribution in [3.05, 3.63) is 28.7 Å². The van der Waals surface area contributed by atoms with Gasteiger partial charge in [-0.3, -0.25) is 9.69 Å². The van der Waals surface area contributed by atoms with E-state index in [1.807, 2.05) is 0 Å². The van der Waals surface area contributed by atoms with Crippen molar-refractivity contribution < 1.29 is 34.1 Å². The number of methoxy groups -OCH3 is 2. The van der Waals surface area contributed by atoms with Crippen LogP contribution in [0.25, 0.3) is 6.08 Å². The lowest BCUT2D eigenvalue weighted by Crippen LogP contribution is -2.52. The first-order valence-corrected chi connectivity index (χ1v) is 8.40. The molecule has 0 saturated carbocycles. The molecule has 1 aromatic rings. The summed E-state index contributed by atoms with van der Waals surface area (Å²) in [7, 11) is 2.94. The minimum absolute atomic E-state index is 0.0847. The molecular weight excluding hydrogens is 382 g/mol. The van der Waals surface area contributed by atoms with Crippen LogP contribution in [-0.2, 0) is 14.4 Å². The zero-order chi connectivity index (χ0) is 19.4. The molecule has 1 aromatic carbocycles. The zero-order valence-electron chi connectivity index (χ0n) is 13.7. The summed E-state index contributed by atoms with van der Waals surface area (Å²) in [5.74, 6) is -3.11. The van der Waals surface area contributed by atoms with Crippen LogP contribution in [0.3, 0.4) is 0 Å². The zero-order valence-corrected chi connectivity index (χ0v) is 15.3. The van der Waals surface area contributed by atoms with E-state index in [-0.39, 0.29) is 9.23 Å². The van der Waals surface area contributed by atoms with Crippen molar-refractivity contribution in [2.24, 2.45) is 0 Å². The Morgan fingerprint density at radius 2 is 2.00 bits per heavy atom.